The Morgan fingerprint density at radius 1 is 0.452 bits per heavy atom. The van der Waals surface area contributed by atoms with E-state index in [1.807, 2.05) is 78.9 Å². The van der Waals surface area contributed by atoms with Gasteiger partial charge < -0.3 is 4.42 Å². The Kier molecular flexibility index (Phi) is 3.97. The summed E-state index contributed by atoms with van der Waals surface area (Å²) in [6.07, 6.45) is 0. The molecular weight excluding hydrogens is 380 g/mol. The first kappa shape index (κ1) is 17.7. The Bertz CT molecular complexity index is 1630. The largest absolute Gasteiger partial charge is 0.422 e. The average molecular weight is 398 g/mol. The molecule has 1 aromatic heterocycles. The van der Waals surface area contributed by atoms with Crippen molar-refractivity contribution >= 4 is 32.3 Å². The van der Waals surface area contributed by atoms with Gasteiger partial charge in [0.2, 0.25) is 0 Å². The van der Waals surface area contributed by atoms with Crippen LogP contribution in [-0.4, -0.2) is 0 Å². The first-order chi connectivity index (χ1) is 15.3. The van der Waals surface area contributed by atoms with Gasteiger partial charge in [-0.1, -0.05) is 109 Å². The van der Waals surface area contributed by atoms with Crippen molar-refractivity contribution in [2.45, 2.75) is 0 Å². The highest BCUT2D eigenvalue weighted by molar-refractivity contribution is 6.30. The van der Waals surface area contributed by atoms with Crippen molar-refractivity contribution in [1.82, 2.24) is 0 Å². The van der Waals surface area contributed by atoms with Crippen LogP contribution in [0, 0.1) is 0 Å². The quantitative estimate of drug-likeness (QED) is 0.284. The molecule has 0 amide bonds. The normalized spacial score (nSPS) is 11.4. The van der Waals surface area contributed by atoms with E-state index in [1.165, 1.54) is 0 Å². The molecule has 0 bridgehead atoms. The number of rotatable bonds is 2. The molecule has 0 atom stereocenters. The lowest BCUT2D eigenvalue weighted by Crippen LogP contribution is -2.06. The van der Waals surface area contributed by atoms with Crippen LogP contribution in [0.1, 0.15) is 0 Å². The van der Waals surface area contributed by atoms with Crippen LogP contribution in [0.2, 0.25) is 0 Å². The highest BCUT2D eigenvalue weighted by Crippen LogP contribution is 2.42. The first-order valence-corrected chi connectivity index (χ1v) is 10.3. The Hall–Kier alpha value is -4.17. The van der Waals surface area contributed by atoms with Gasteiger partial charge in [-0.2, -0.15) is 0 Å². The SMILES string of the molecule is O=c1oc(-c2ccccc2)c2c3ccccc3c3ccccc3c2c1-c1ccccc1. The van der Waals surface area contributed by atoms with Crippen molar-refractivity contribution < 1.29 is 4.42 Å². The molecule has 0 spiro atoms. The molecule has 0 saturated carbocycles. The minimum absolute atomic E-state index is 0.321. The molecule has 6 rings (SSSR count). The molecule has 0 radical (unpaired) electrons. The maximum Gasteiger partial charge on any atom is 0.344 e. The number of hydrogen-bond acceptors (Lipinski definition) is 2. The van der Waals surface area contributed by atoms with Crippen molar-refractivity contribution in [2.75, 3.05) is 0 Å². The van der Waals surface area contributed by atoms with Gasteiger partial charge in [0.15, 0.2) is 0 Å². The molecule has 5 aromatic carbocycles. The van der Waals surface area contributed by atoms with E-state index in [1.54, 1.807) is 0 Å². The van der Waals surface area contributed by atoms with Gasteiger partial charge in [0, 0.05) is 16.3 Å². The Morgan fingerprint density at radius 2 is 0.903 bits per heavy atom. The van der Waals surface area contributed by atoms with Crippen LogP contribution < -0.4 is 5.63 Å². The molecule has 146 valence electrons. The Balaban J connectivity index is 1.96. The fourth-order valence-electron chi connectivity index (χ4n) is 4.59. The maximum atomic E-state index is 13.4. The fraction of sp³-hybridized carbons (Fsp3) is 0. The third kappa shape index (κ3) is 2.69. The minimum Gasteiger partial charge on any atom is -0.422 e. The summed E-state index contributed by atoms with van der Waals surface area (Å²) in [4.78, 5) is 13.4. The van der Waals surface area contributed by atoms with Crippen LogP contribution in [0.3, 0.4) is 0 Å². The second-order valence-electron chi connectivity index (χ2n) is 7.67. The van der Waals surface area contributed by atoms with Gasteiger partial charge >= 0.3 is 5.63 Å². The predicted octanol–water partition coefficient (Wildman–Crippen LogP) is 7.43. The zero-order valence-corrected chi connectivity index (χ0v) is 16.7. The zero-order valence-electron chi connectivity index (χ0n) is 16.7. The number of fused-ring (bicyclic) bond motifs is 6. The van der Waals surface area contributed by atoms with Gasteiger partial charge in [-0.05, 0) is 27.1 Å². The van der Waals surface area contributed by atoms with Gasteiger partial charge in [-0.15, -0.1) is 0 Å². The van der Waals surface area contributed by atoms with E-state index < -0.39 is 0 Å². The monoisotopic (exact) mass is 398 g/mol. The first-order valence-electron chi connectivity index (χ1n) is 10.3. The molecule has 2 heteroatoms. The maximum absolute atomic E-state index is 13.4. The van der Waals surface area contributed by atoms with Gasteiger partial charge in [0.25, 0.3) is 0 Å². The second kappa shape index (κ2) is 6.96. The summed E-state index contributed by atoms with van der Waals surface area (Å²) in [7, 11) is 0. The summed E-state index contributed by atoms with van der Waals surface area (Å²) in [6, 6.07) is 36.3. The standard InChI is InChI=1S/C29H18O2/c30-29-25(19-11-3-1-4-12-19)26-23-17-9-7-15-21(23)22-16-8-10-18-24(22)27(26)28(31-29)20-13-5-2-6-14-20/h1-18H. The van der Waals surface area contributed by atoms with Crippen LogP contribution >= 0.6 is 0 Å². The van der Waals surface area contributed by atoms with E-state index in [4.69, 9.17) is 4.42 Å². The molecule has 6 aromatic rings. The zero-order chi connectivity index (χ0) is 20.8. The van der Waals surface area contributed by atoms with Gasteiger partial charge in [-0.25, -0.2) is 4.79 Å². The van der Waals surface area contributed by atoms with Crippen LogP contribution in [0.4, 0.5) is 0 Å². The van der Waals surface area contributed by atoms with Crippen LogP contribution in [0.5, 0.6) is 0 Å². The number of benzene rings is 5. The molecule has 1 heterocycles. The summed E-state index contributed by atoms with van der Waals surface area (Å²) >= 11 is 0. The average Bonchev–Trinajstić information content (AvgIpc) is 2.84. The molecule has 2 nitrogen and oxygen atoms in total. The Morgan fingerprint density at radius 3 is 1.48 bits per heavy atom. The highest BCUT2D eigenvalue weighted by atomic mass is 16.4. The molecule has 0 fully saturated rings. The van der Waals surface area contributed by atoms with Crippen LogP contribution in [0.25, 0.3) is 54.8 Å². The third-order valence-electron chi connectivity index (χ3n) is 5.91. The molecule has 0 aliphatic carbocycles. The highest BCUT2D eigenvalue weighted by Gasteiger charge is 2.21. The summed E-state index contributed by atoms with van der Waals surface area (Å²) in [5, 5.41) is 6.33. The smallest absolute Gasteiger partial charge is 0.344 e. The lowest BCUT2D eigenvalue weighted by Gasteiger charge is -2.16. The van der Waals surface area contributed by atoms with E-state index in [-0.39, 0.29) is 5.63 Å². The van der Waals surface area contributed by atoms with Crippen molar-refractivity contribution in [3.63, 3.8) is 0 Å². The van der Waals surface area contributed by atoms with Gasteiger partial charge in [0.05, 0.1) is 5.56 Å². The summed E-state index contributed by atoms with van der Waals surface area (Å²) in [6.45, 7) is 0. The number of hydrogen-bond donors (Lipinski definition) is 0. The van der Waals surface area contributed by atoms with E-state index in [2.05, 4.69) is 30.3 Å². The Labute approximate surface area is 179 Å². The van der Waals surface area contributed by atoms with Crippen molar-refractivity contribution in [3.05, 3.63) is 120 Å². The van der Waals surface area contributed by atoms with Gasteiger partial charge in [-0.3, -0.25) is 0 Å². The fourth-order valence-corrected chi connectivity index (χ4v) is 4.59. The van der Waals surface area contributed by atoms with Crippen molar-refractivity contribution in [2.24, 2.45) is 0 Å². The van der Waals surface area contributed by atoms with Crippen molar-refractivity contribution in [1.29, 1.82) is 0 Å². The predicted molar refractivity (Wildman–Crippen MR) is 128 cm³/mol. The molecule has 0 N–H and O–H groups in total. The van der Waals surface area contributed by atoms with E-state index in [0.29, 0.717) is 11.3 Å². The van der Waals surface area contributed by atoms with Crippen molar-refractivity contribution in [3.8, 4) is 22.5 Å². The lowest BCUT2D eigenvalue weighted by molar-refractivity contribution is 0.535. The second-order valence-corrected chi connectivity index (χ2v) is 7.67. The molecular formula is C29H18O2. The van der Waals surface area contributed by atoms with E-state index in [0.717, 1.165) is 43.4 Å². The third-order valence-corrected chi connectivity index (χ3v) is 5.91. The minimum atomic E-state index is -0.321. The molecule has 0 saturated heterocycles. The van der Waals surface area contributed by atoms with Gasteiger partial charge in [0.1, 0.15) is 5.76 Å². The topological polar surface area (TPSA) is 30.2 Å². The van der Waals surface area contributed by atoms with E-state index in [9.17, 15) is 4.79 Å². The molecule has 31 heavy (non-hydrogen) atoms. The van der Waals surface area contributed by atoms with E-state index >= 15 is 0 Å². The summed E-state index contributed by atoms with van der Waals surface area (Å²) in [5.41, 5.74) is 2.04. The molecule has 0 unspecified atom stereocenters. The summed E-state index contributed by atoms with van der Waals surface area (Å²) < 4.78 is 6.06. The molecule has 0 aliphatic heterocycles. The summed E-state index contributed by atoms with van der Waals surface area (Å²) in [5.74, 6) is 0.613. The lowest BCUT2D eigenvalue weighted by atomic mass is 9.89. The molecule has 0 aliphatic rings. The van der Waals surface area contributed by atoms with Crippen LogP contribution in [-0.2, 0) is 0 Å². The van der Waals surface area contributed by atoms with Crippen LogP contribution in [0.15, 0.2) is 118 Å².